The molecule has 4 rings (SSSR count). The summed E-state index contributed by atoms with van der Waals surface area (Å²) in [5.41, 5.74) is 1.62. The van der Waals surface area contributed by atoms with E-state index in [2.05, 4.69) is 56.7 Å². The van der Waals surface area contributed by atoms with Crippen molar-refractivity contribution in [3.63, 3.8) is 0 Å². The summed E-state index contributed by atoms with van der Waals surface area (Å²) in [6.07, 6.45) is 5.60. The normalized spacial score (nSPS) is 30.5. The van der Waals surface area contributed by atoms with Crippen molar-refractivity contribution in [3.05, 3.63) is 34.3 Å². The van der Waals surface area contributed by atoms with E-state index < -0.39 is 0 Å². The second kappa shape index (κ2) is 7.72. The summed E-state index contributed by atoms with van der Waals surface area (Å²) in [5.74, 6) is 1.56. The molecular formula is C19H27BrIN3O. The van der Waals surface area contributed by atoms with Crippen LogP contribution < -0.4 is 10.6 Å². The molecule has 1 aromatic carbocycles. The predicted molar refractivity (Wildman–Crippen MR) is 116 cm³/mol. The van der Waals surface area contributed by atoms with E-state index in [9.17, 15) is 0 Å². The third kappa shape index (κ3) is 3.23. The molecule has 1 heterocycles. The van der Waals surface area contributed by atoms with Gasteiger partial charge in [-0.05, 0) is 37.8 Å². The van der Waals surface area contributed by atoms with Crippen molar-refractivity contribution >= 4 is 45.9 Å². The first kappa shape index (κ1) is 19.4. The van der Waals surface area contributed by atoms with Gasteiger partial charge in [-0.3, -0.25) is 4.99 Å². The molecule has 3 fully saturated rings. The summed E-state index contributed by atoms with van der Waals surface area (Å²) in [4.78, 5) is 4.48. The largest absolute Gasteiger partial charge is 0.377 e. The molecule has 4 atom stereocenters. The molecule has 1 saturated heterocycles. The van der Waals surface area contributed by atoms with Crippen LogP contribution in [-0.2, 0) is 4.74 Å². The van der Waals surface area contributed by atoms with E-state index in [0.29, 0.717) is 23.5 Å². The number of nitrogens with zero attached hydrogens (tertiary/aromatic N) is 1. The van der Waals surface area contributed by atoms with Crippen molar-refractivity contribution in [2.45, 2.75) is 50.8 Å². The Labute approximate surface area is 175 Å². The molecule has 25 heavy (non-hydrogen) atoms. The number of aliphatic imine (C=N–C) groups is 1. The first-order valence-electron chi connectivity index (χ1n) is 9.01. The van der Waals surface area contributed by atoms with E-state index in [4.69, 9.17) is 4.74 Å². The number of rotatable bonds is 3. The van der Waals surface area contributed by atoms with Crippen LogP contribution in [0.2, 0.25) is 0 Å². The van der Waals surface area contributed by atoms with E-state index in [0.717, 1.165) is 17.0 Å². The molecule has 138 valence electrons. The summed E-state index contributed by atoms with van der Waals surface area (Å²) >= 11 is 3.64. The van der Waals surface area contributed by atoms with Crippen LogP contribution >= 0.6 is 39.9 Å². The van der Waals surface area contributed by atoms with Crippen molar-refractivity contribution in [2.24, 2.45) is 16.3 Å². The van der Waals surface area contributed by atoms with Crippen LogP contribution in [0.3, 0.4) is 0 Å². The van der Waals surface area contributed by atoms with Crippen molar-refractivity contribution in [2.75, 3.05) is 13.7 Å². The molecule has 4 nitrogen and oxygen atoms in total. The van der Waals surface area contributed by atoms with Gasteiger partial charge < -0.3 is 15.4 Å². The fourth-order valence-electron chi connectivity index (χ4n) is 4.88. The maximum absolute atomic E-state index is 6.01. The lowest BCUT2D eigenvalue weighted by atomic mass is 9.46. The molecule has 1 spiro atoms. The third-order valence-electron chi connectivity index (χ3n) is 6.28. The molecule has 4 unspecified atom stereocenters. The van der Waals surface area contributed by atoms with Crippen molar-refractivity contribution in [1.29, 1.82) is 0 Å². The molecule has 2 saturated carbocycles. The molecule has 3 aliphatic rings. The highest BCUT2D eigenvalue weighted by Crippen LogP contribution is 2.62. The Kier molecular flexibility index (Phi) is 6.00. The minimum Gasteiger partial charge on any atom is -0.377 e. The van der Waals surface area contributed by atoms with Gasteiger partial charge in [-0.25, -0.2) is 0 Å². The molecule has 1 aromatic rings. The van der Waals surface area contributed by atoms with E-state index in [1.807, 2.05) is 13.1 Å². The van der Waals surface area contributed by atoms with Crippen molar-refractivity contribution < 1.29 is 4.74 Å². The molecule has 0 amide bonds. The quantitative estimate of drug-likeness (QED) is 0.356. The van der Waals surface area contributed by atoms with Crippen LogP contribution in [0.4, 0.5) is 0 Å². The summed E-state index contributed by atoms with van der Waals surface area (Å²) < 4.78 is 7.14. The fourth-order valence-corrected chi connectivity index (χ4v) is 5.51. The van der Waals surface area contributed by atoms with E-state index in [1.54, 1.807) is 0 Å². The summed E-state index contributed by atoms with van der Waals surface area (Å²) in [5, 5.41) is 7.29. The van der Waals surface area contributed by atoms with Crippen LogP contribution in [0, 0.1) is 11.3 Å². The predicted octanol–water partition coefficient (Wildman–Crippen LogP) is 4.25. The average molecular weight is 520 g/mol. The SMILES string of the molecule is CN=C(NC(C)c1ccccc1Br)NC1C2CCOC2C12CCC2.I. The lowest BCUT2D eigenvalue weighted by Crippen LogP contribution is -2.72. The van der Waals surface area contributed by atoms with Gasteiger partial charge >= 0.3 is 0 Å². The van der Waals surface area contributed by atoms with Crippen LogP contribution in [-0.4, -0.2) is 31.8 Å². The summed E-state index contributed by atoms with van der Waals surface area (Å²) in [7, 11) is 1.86. The maximum atomic E-state index is 6.01. The fraction of sp³-hybridized carbons (Fsp3) is 0.632. The molecule has 6 heteroatoms. The van der Waals surface area contributed by atoms with Crippen LogP contribution in [0.15, 0.2) is 33.7 Å². The van der Waals surface area contributed by atoms with Crippen LogP contribution in [0.25, 0.3) is 0 Å². The third-order valence-corrected chi connectivity index (χ3v) is 7.00. The second-order valence-electron chi connectivity index (χ2n) is 7.41. The van der Waals surface area contributed by atoms with Gasteiger partial charge in [-0.2, -0.15) is 0 Å². The second-order valence-corrected chi connectivity index (χ2v) is 8.27. The zero-order chi connectivity index (χ0) is 16.7. The lowest BCUT2D eigenvalue weighted by molar-refractivity contribution is -0.171. The summed E-state index contributed by atoms with van der Waals surface area (Å²) in [6, 6.07) is 9.05. The van der Waals surface area contributed by atoms with Gasteiger partial charge in [0.25, 0.3) is 0 Å². The minimum absolute atomic E-state index is 0. The van der Waals surface area contributed by atoms with Gasteiger partial charge in [-0.15, -0.1) is 24.0 Å². The molecule has 0 bridgehead atoms. The molecule has 1 aliphatic heterocycles. The van der Waals surface area contributed by atoms with Gasteiger partial charge in [0.05, 0.1) is 12.1 Å². The zero-order valence-electron chi connectivity index (χ0n) is 14.8. The molecule has 0 aromatic heterocycles. The van der Waals surface area contributed by atoms with Gasteiger partial charge in [0.2, 0.25) is 0 Å². The van der Waals surface area contributed by atoms with Gasteiger partial charge in [0.1, 0.15) is 0 Å². The minimum atomic E-state index is 0. The number of ether oxygens (including phenoxy) is 1. The van der Waals surface area contributed by atoms with E-state index in [1.165, 1.54) is 31.2 Å². The zero-order valence-corrected chi connectivity index (χ0v) is 18.7. The Morgan fingerprint density at radius 3 is 2.76 bits per heavy atom. The number of hydrogen-bond acceptors (Lipinski definition) is 2. The number of nitrogens with one attached hydrogen (secondary N) is 2. The topological polar surface area (TPSA) is 45.7 Å². The monoisotopic (exact) mass is 519 g/mol. The smallest absolute Gasteiger partial charge is 0.191 e. The van der Waals surface area contributed by atoms with E-state index >= 15 is 0 Å². The van der Waals surface area contributed by atoms with Gasteiger partial charge in [0, 0.05) is 35.5 Å². The van der Waals surface area contributed by atoms with Crippen molar-refractivity contribution in [1.82, 2.24) is 10.6 Å². The standard InChI is InChI=1S/C19H26BrN3O.HI/c1-12(13-6-3-4-7-15(13)20)22-18(21-2)23-16-14-8-11-24-17(14)19(16)9-5-10-19;/h3-4,6-7,12,14,16-17H,5,8-11H2,1-2H3,(H2,21,22,23);1H. The number of hydrogen-bond donors (Lipinski definition) is 2. The first-order valence-corrected chi connectivity index (χ1v) is 9.81. The molecular weight excluding hydrogens is 493 g/mol. The maximum Gasteiger partial charge on any atom is 0.191 e. The number of fused-ring (bicyclic) bond motifs is 2. The van der Waals surface area contributed by atoms with Crippen molar-refractivity contribution in [3.8, 4) is 0 Å². The van der Waals surface area contributed by atoms with E-state index in [-0.39, 0.29) is 30.0 Å². The lowest BCUT2D eigenvalue weighted by Gasteiger charge is -2.63. The Bertz CT molecular complexity index is 649. The Morgan fingerprint density at radius 1 is 1.36 bits per heavy atom. The Balaban J connectivity index is 0.00000182. The number of halogens is 2. The first-order chi connectivity index (χ1) is 11.7. The highest BCUT2D eigenvalue weighted by Gasteiger charge is 2.66. The Hall–Kier alpha value is -0.340. The van der Waals surface area contributed by atoms with Gasteiger partial charge in [-0.1, -0.05) is 40.5 Å². The average Bonchev–Trinajstić information content (AvgIpc) is 2.95. The van der Waals surface area contributed by atoms with Gasteiger partial charge in [0.15, 0.2) is 5.96 Å². The highest BCUT2D eigenvalue weighted by atomic mass is 127. The summed E-state index contributed by atoms with van der Waals surface area (Å²) in [6.45, 7) is 3.10. The number of benzene rings is 1. The Morgan fingerprint density at radius 2 is 2.12 bits per heavy atom. The molecule has 2 aliphatic carbocycles. The van der Waals surface area contributed by atoms with Crippen LogP contribution in [0.5, 0.6) is 0 Å². The highest BCUT2D eigenvalue weighted by molar-refractivity contribution is 14.0. The molecule has 2 N–H and O–H groups in total. The van der Waals surface area contributed by atoms with Crippen LogP contribution in [0.1, 0.15) is 44.2 Å². The molecule has 0 radical (unpaired) electrons. The number of guanidine groups is 1.